The van der Waals surface area contributed by atoms with E-state index in [0.717, 1.165) is 161 Å². The van der Waals surface area contributed by atoms with Crippen LogP contribution in [0.5, 0.6) is 0 Å². The number of esters is 2. The molecule has 3 N–H and O–H groups in total. The maximum Gasteiger partial charge on any atom is 0.472 e. The van der Waals surface area contributed by atoms with Gasteiger partial charge in [-0.3, -0.25) is 18.6 Å². The standard InChI is InChI=1S/C77H122NO8P/c1-3-5-7-9-11-13-15-17-19-21-23-25-27-29-31-33-35-36-37-38-40-42-44-46-48-50-52-54-56-58-60-62-64-66-68-70-77(80)86-75(74-85-87(81,82)84-72-71-78)73-83-76(79)69-67-65-63-61-59-57-55-53-51-49-47-45-43-41-39-34-32-30-28-26-24-22-20-18-16-14-12-10-8-6-4-2/h5-8,11-14,17-20,23-26,29-32,35-36,38-41,44-47,50,52,75H,3-4,9-10,15-16,21-22,27-28,33-34,37,42-43,48-49,51,53-74,78H2,1-2H3,(H,81,82)/b7-5-,8-6-,13-11-,14-12-,19-17-,20-18-,25-23-,26-24-,31-29-,32-30-,36-35-,40-38-,41-39-,46-44-,47-45-,52-50-. The number of phosphoric acid groups is 1. The molecule has 0 saturated carbocycles. The Balaban J connectivity index is 4.04. The first-order valence-corrected chi connectivity index (χ1v) is 35.4. The SMILES string of the molecule is CC/C=C\C/C=C\C/C=C\C/C=C\C/C=C\C/C=C\C/C=C\C/C=C\C/C=C\CCCCCCCCCC(=O)OC(COC(=O)CCCCCCCCCCC/C=C\C/C=C\C/C=C\C/C=C\C/C=C\C/C=C\C/C=C\CC)COP(=O)(O)OCCN. The Kier molecular flexibility index (Phi) is 65.8. The minimum atomic E-state index is -4.41. The van der Waals surface area contributed by atoms with Crippen LogP contribution in [0.2, 0.25) is 0 Å². The Bertz CT molecular complexity index is 2130. The highest BCUT2D eigenvalue weighted by Gasteiger charge is 2.26. The largest absolute Gasteiger partial charge is 0.472 e. The predicted molar refractivity (Wildman–Crippen MR) is 375 cm³/mol. The van der Waals surface area contributed by atoms with E-state index in [1.807, 2.05) is 0 Å². The number of unbranched alkanes of at least 4 members (excludes halogenated alkanes) is 16. The van der Waals surface area contributed by atoms with Gasteiger partial charge in [-0.1, -0.05) is 285 Å². The fourth-order valence-electron chi connectivity index (χ4n) is 8.55. The Labute approximate surface area is 532 Å². The molecule has 0 spiro atoms. The molecule has 0 aliphatic carbocycles. The zero-order valence-corrected chi connectivity index (χ0v) is 55.6. The lowest BCUT2D eigenvalue weighted by Gasteiger charge is -2.19. The monoisotopic (exact) mass is 1220 g/mol. The summed E-state index contributed by atoms with van der Waals surface area (Å²) in [6, 6.07) is 0. The molecule has 2 unspecified atom stereocenters. The summed E-state index contributed by atoms with van der Waals surface area (Å²) in [7, 11) is -4.41. The van der Waals surface area contributed by atoms with E-state index in [1.165, 1.54) is 44.9 Å². The average molecular weight is 1220 g/mol. The van der Waals surface area contributed by atoms with Crippen LogP contribution < -0.4 is 5.73 Å². The zero-order chi connectivity index (χ0) is 63.0. The smallest absolute Gasteiger partial charge is 0.462 e. The molecule has 0 saturated heterocycles. The van der Waals surface area contributed by atoms with Gasteiger partial charge < -0.3 is 20.1 Å². The third kappa shape index (κ3) is 69.8. The molecule has 0 radical (unpaired) electrons. The van der Waals surface area contributed by atoms with Gasteiger partial charge in [0.15, 0.2) is 6.10 Å². The van der Waals surface area contributed by atoms with Gasteiger partial charge in [0.25, 0.3) is 0 Å². The molecule has 87 heavy (non-hydrogen) atoms. The molecule has 0 aliphatic rings. The van der Waals surface area contributed by atoms with Crippen molar-refractivity contribution in [1.82, 2.24) is 0 Å². The van der Waals surface area contributed by atoms with Crippen molar-refractivity contribution in [3.05, 3.63) is 194 Å². The molecule has 0 fully saturated rings. The van der Waals surface area contributed by atoms with Crippen molar-refractivity contribution in [2.75, 3.05) is 26.4 Å². The van der Waals surface area contributed by atoms with Gasteiger partial charge in [-0.15, -0.1) is 0 Å². The second kappa shape index (κ2) is 69.9. The van der Waals surface area contributed by atoms with Gasteiger partial charge in [-0.2, -0.15) is 0 Å². The first-order chi connectivity index (χ1) is 42.8. The number of carbonyl (C=O) groups excluding carboxylic acids is 2. The Hall–Kier alpha value is -5.15. The van der Waals surface area contributed by atoms with Crippen LogP contribution in [0.15, 0.2) is 194 Å². The van der Waals surface area contributed by atoms with Crippen LogP contribution in [-0.2, 0) is 32.7 Å². The van der Waals surface area contributed by atoms with Gasteiger partial charge >= 0.3 is 19.8 Å². The van der Waals surface area contributed by atoms with Crippen molar-refractivity contribution in [2.45, 2.75) is 251 Å². The topological polar surface area (TPSA) is 134 Å². The number of allylic oxidation sites excluding steroid dienone is 32. The van der Waals surface area contributed by atoms with Gasteiger partial charge in [-0.25, -0.2) is 4.57 Å². The highest BCUT2D eigenvalue weighted by molar-refractivity contribution is 7.47. The number of ether oxygens (including phenoxy) is 2. The molecule has 0 aromatic heterocycles. The van der Waals surface area contributed by atoms with Crippen molar-refractivity contribution < 1.29 is 37.6 Å². The molecular formula is C77H122NO8P. The highest BCUT2D eigenvalue weighted by Crippen LogP contribution is 2.43. The molecule has 0 bridgehead atoms. The fraction of sp³-hybridized carbons (Fsp3) is 0.558. The van der Waals surface area contributed by atoms with E-state index >= 15 is 0 Å². The lowest BCUT2D eigenvalue weighted by Crippen LogP contribution is -2.29. The van der Waals surface area contributed by atoms with Crippen LogP contribution in [0, 0.1) is 0 Å². The van der Waals surface area contributed by atoms with Gasteiger partial charge in [-0.05, 0) is 141 Å². The third-order valence-corrected chi connectivity index (χ3v) is 14.5. The summed E-state index contributed by atoms with van der Waals surface area (Å²) >= 11 is 0. The second-order valence-corrected chi connectivity index (χ2v) is 23.0. The van der Waals surface area contributed by atoms with E-state index in [0.29, 0.717) is 12.8 Å². The lowest BCUT2D eigenvalue weighted by atomic mass is 10.1. The summed E-state index contributed by atoms with van der Waals surface area (Å²) in [5.74, 6) is -0.861. The third-order valence-electron chi connectivity index (χ3n) is 13.5. The maximum absolute atomic E-state index is 12.8. The average Bonchev–Trinajstić information content (AvgIpc) is 3.64. The van der Waals surface area contributed by atoms with Crippen molar-refractivity contribution in [3.8, 4) is 0 Å². The minimum absolute atomic E-state index is 0.0399. The number of rotatable bonds is 61. The molecule has 2 atom stereocenters. The summed E-state index contributed by atoms with van der Waals surface area (Å²) in [6.07, 6.45) is 106. The summed E-state index contributed by atoms with van der Waals surface area (Å²) in [4.78, 5) is 35.4. The van der Waals surface area contributed by atoms with Crippen molar-refractivity contribution in [2.24, 2.45) is 5.73 Å². The van der Waals surface area contributed by atoms with E-state index in [4.69, 9.17) is 24.3 Å². The molecule has 0 aromatic rings. The van der Waals surface area contributed by atoms with E-state index < -0.39 is 32.5 Å². The van der Waals surface area contributed by atoms with Crippen LogP contribution in [0.4, 0.5) is 0 Å². The van der Waals surface area contributed by atoms with Gasteiger partial charge in [0.05, 0.1) is 13.2 Å². The number of nitrogens with two attached hydrogens (primary N) is 1. The Morgan fingerprint density at radius 3 is 0.885 bits per heavy atom. The minimum Gasteiger partial charge on any atom is -0.462 e. The molecule has 0 aliphatic heterocycles. The summed E-state index contributed by atoms with van der Waals surface area (Å²) in [5.41, 5.74) is 5.40. The van der Waals surface area contributed by atoms with Gasteiger partial charge in [0, 0.05) is 19.4 Å². The van der Waals surface area contributed by atoms with Gasteiger partial charge in [0.2, 0.25) is 0 Å². The molecule has 488 valence electrons. The fourth-order valence-corrected chi connectivity index (χ4v) is 9.31. The Morgan fingerprint density at radius 1 is 0.345 bits per heavy atom. The first kappa shape index (κ1) is 81.8. The van der Waals surface area contributed by atoms with Crippen LogP contribution in [-0.4, -0.2) is 49.3 Å². The normalized spacial score (nSPS) is 14.2. The molecule has 0 amide bonds. The number of phosphoric ester groups is 1. The van der Waals surface area contributed by atoms with Crippen LogP contribution in [0.1, 0.15) is 245 Å². The molecule has 9 nitrogen and oxygen atoms in total. The van der Waals surface area contributed by atoms with Crippen molar-refractivity contribution in [1.29, 1.82) is 0 Å². The summed E-state index contributed by atoms with van der Waals surface area (Å²) in [5, 5.41) is 0. The second-order valence-electron chi connectivity index (χ2n) is 21.6. The van der Waals surface area contributed by atoms with E-state index in [2.05, 4.69) is 208 Å². The summed E-state index contributed by atoms with van der Waals surface area (Å²) in [6.45, 7) is 3.48. The summed E-state index contributed by atoms with van der Waals surface area (Å²) < 4.78 is 33.1. The number of carbonyl (C=O) groups is 2. The molecule has 0 heterocycles. The molecule has 10 heteroatoms. The molecule has 0 rings (SSSR count). The maximum atomic E-state index is 12.8. The van der Waals surface area contributed by atoms with E-state index in [9.17, 15) is 19.0 Å². The van der Waals surface area contributed by atoms with E-state index in [1.54, 1.807) is 0 Å². The molecule has 0 aromatic carbocycles. The van der Waals surface area contributed by atoms with Crippen LogP contribution >= 0.6 is 7.82 Å². The van der Waals surface area contributed by atoms with Crippen molar-refractivity contribution >= 4 is 19.8 Å². The quantitative estimate of drug-likeness (QED) is 0.0264. The lowest BCUT2D eigenvalue weighted by molar-refractivity contribution is -0.161. The molecular weight excluding hydrogens is 1100 g/mol. The van der Waals surface area contributed by atoms with E-state index in [-0.39, 0.29) is 32.6 Å². The van der Waals surface area contributed by atoms with Gasteiger partial charge in [0.1, 0.15) is 6.61 Å². The van der Waals surface area contributed by atoms with Crippen molar-refractivity contribution in [3.63, 3.8) is 0 Å². The Morgan fingerprint density at radius 2 is 0.598 bits per heavy atom. The number of hydrogen-bond donors (Lipinski definition) is 2. The predicted octanol–water partition coefficient (Wildman–Crippen LogP) is 22.5. The number of hydrogen-bond acceptors (Lipinski definition) is 8. The zero-order valence-electron chi connectivity index (χ0n) is 54.7. The van der Waals surface area contributed by atoms with Crippen LogP contribution in [0.3, 0.4) is 0 Å². The first-order valence-electron chi connectivity index (χ1n) is 33.9. The highest BCUT2D eigenvalue weighted by atomic mass is 31.2. The van der Waals surface area contributed by atoms with Crippen LogP contribution in [0.25, 0.3) is 0 Å².